The SMILES string of the molecule is O=C(NC1(C(=O)O)CCCC1)c1ccccc1SC(F)F. The van der Waals surface area contributed by atoms with E-state index in [9.17, 15) is 23.5 Å². The highest BCUT2D eigenvalue weighted by atomic mass is 32.2. The number of carbonyl (C=O) groups is 2. The maximum Gasteiger partial charge on any atom is 0.329 e. The first kappa shape index (κ1) is 15.8. The fourth-order valence-electron chi connectivity index (χ4n) is 2.51. The van der Waals surface area contributed by atoms with Crippen molar-refractivity contribution in [3.8, 4) is 0 Å². The first-order valence-corrected chi connectivity index (χ1v) is 7.42. The summed E-state index contributed by atoms with van der Waals surface area (Å²) in [5.41, 5.74) is -1.20. The number of alkyl halides is 2. The van der Waals surface area contributed by atoms with Gasteiger partial charge in [0.25, 0.3) is 11.7 Å². The summed E-state index contributed by atoms with van der Waals surface area (Å²) in [6.07, 6.45) is 2.16. The number of carboxylic acids is 1. The molecule has 0 aliphatic heterocycles. The Balaban J connectivity index is 2.22. The maximum absolute atomic E-state index is 12.5. The zero-order valence-electron chi connectivity index (χ0n) is 11.1. The van der Waals surface area contributed by atoms with Gasteiger partial charge in [0, 0.05) is 4.90 Å². The third-order valence-electron chi connectivity index (χ3n) is 3.57. The van der Waals surface area contributed by atoms with Crippen LogP contribution in [0.25, 0.3) is 0 Å². The summed E-state index contributed by atoms with van der Waals surface area (Å²) < 4.78 is 25.0. The molecule has 1 aromatic rings. The van der Waals surface area contributed by atoms with Crippen molar-refractivity contribution in [2.45, 2.75) is 41.9 Å². The van der Waals surface area contributed by atoms with Gasteiger partial charge in [-0.25, -0.2) is 4.79 Å². The highest BCUT2D eigenvalue weighted by Gasteiger charge is 2.42. The smallest absolute Gasteiger partial charge is 0.329 e. The first-order valence-electron chi connectivity index (χ1n) is 6.54. The van der Waals surface area contributed by atoms with E-state index in [-0.39, 0.29) is 22.2 Å². The molecule has 21 heavy (non-hydrogen) atoms. The molecule has 1 aliphatic carbocycles. The molecule has 0 radical (unpaired) electrons. The van der Waals surface area contributed by atoms with Gasteiger partial charge < -0.3 is 10.4 Å². The molecule has 7 heteroatoms. The average molecular weight is 315 g/mol. The molecule has 1 amide bonds. The van der Waals surface area contributed by atoms with Crippen LogP contribution in [0.1, 0.15) is 36.0 Å². The van der Waals surface area contributed by atoms with Gasteiger partial charge in [-0.1, -0.05) is 36.7 Å². The summed E-state index contributed by atoms with van der Waals surface area (Å²) in [5, 5.41) is 11.9. The van der Waals surface area contributed by atoms with Crippen LogP contribution in [0.4, 0.5) is 8.78 Å². The minimum absolute atomic E-state index is 0.0790. The summed E-state index contributed by atoms with van der Waals surface area (Å²) >= 11 is 0.277. The molecule has 0 atom stereocenters. The van der Waals surface area contributed by atoms with Gasteiger partial charge in [-0.05, 0) is 25.0 Å². The predicted octanol–water partition coefficient (Wildman–Crippen LogP) is 3.13. The number of rotatable bonds is 5. The van der Waals surface area contributed by atoms with Gasteiger partial charge in [0.1, 0.15) is 5.54 Å². The second-order valence-electron chi connectivity index (χ2n) is 4.92. The number of benzene rings is 1. The van der Waals surface area contributed by atoms with Crippen molar-refractivity contribution < 1.29 is 23.5 Å². The third-order valence-corrected chi connectivity index (χ3v) is 4.36. The van der Waals surface area contributed by atoms with Crippen LogP contribution in [0.5, 0.6) is 0 Å². The lowest BCUT2D eigenvalue weighted by Crippen LogP contribution is -2.52. The van der Waals surface area contributed by atoms with Gasteiger partial charge in [-0.2, -0.15) is 8.78 Å². The summed E-state index contributed by atoms with van der Waals surface area (Å²) in [5.74, 6) is -4.34. The van der Waals surface area contributed by atoms with Gasteiger partial charge in [0.2, 0.25) is 0 Å². The summed E-state index contributed by atoms with van der Waals surface area (Å²) in [6.45, 7) is 0. The van der Waals surface area contributed by atoms with E-state index in [2.05, 4.69) is 5.32 Å². The highest BCUT2D eigenvalue weighted by molar-refractivity contribution is 7.99. The predicted molar refractivity (Wildman–Crippen MR) is 74.6 cm³/mol. The Hall–Kier alpha value is -1.63. The van der Waals surface area contributed by atoms with Crippen molar-refractivity contribution >= 4 is 23.6 Å². The minimum Gasteiger partial charge on any atom is -0.480 e. The van der Waals surface area contributed by atoms with E-state index < -0.39 is 23.2 Å². The lowest BCUT2D eigenvalue weighted by molar-refractivity contribution is -0.144. The number of hydrogen-bond acceptors (Lipinski definition) is 3. The van der Waals surface area contributed by atoms with Crippen LogP contribution in [-0.2, 0) is 4.79 Å². The van der Waals surface area contributed by atoms with Crippen LogP contribution in [0.3, 0.4) is 0 Å². The summed E-state index contributed by atoms with van der Waals surface area (Å²) in [7, 11) is 0. The molecule has 0 aromatic heterocycles. The number of thioether (sulfide) groups is 1. The second kappa shape index (κ2) is 6.43. The fraction of sp³-hybridized carbons (Fsp3) is 0.429. The Morgan fingerprint density at radius 3 is 2.43 bits per heavy atom. The molecule has 0 bridgehead atoms. The highest BCUT2D eigenvalue weighted by Crippen LogP contribution is 2.32. The summed E-state index contributed by atoms with van der Waals surface area (Å²) in [6, 6.07) is 5.97. The monoisotopic (exact) mass is 315 g/mol. The number of aliphatic carboxylic acids is 1. The number of carboxylic acid groups (broad SMARTS) is 1. The Labute approximate surface area is 124 Å². The molecule has 0 spiro atoms. The molecule has 1 aromatic carbocycles. The molecule has 2 rings (SSSR count). The molecule has 1 saturated carbocycles. The zero-order chi connectivity index (χ0) is 15.5. The Bertz CT molecular complexity index is 545. The molecule has 1 fully saturated rings. The Morgan fingerprint density at radius 1 is 1.24 bits per heavy atom. The van der Waals surface area contributed by atoms with Crippen LogP contribution < -0.4 is 5.32 Å². The van der Waals surface area contributed by atoms with Crippen molar-refractivity contribution in [1.29, 1.82) is 0 Å². The topological polar surface area (TPSA) is 66.4 Å². The number of hydrogen-bond donors (Lipinski definition) is 2. The largest absolute Gasteiger partial charge is 0.480 e. The lowest BCUT2D eigenvalue weighted by Gasteiger charge is -2.25. The van der Waals surface area contributed by atoms with Gasteiger partial charge >= 0.3 is 5.97 Å². The van der Waals surface area contributed by atoms with Crippen LogP contribution >= 0.6 is 11.8 Å². The molecular formula is C14H15F2NO3S. The van der Waals surface area contributed by atoms with Crippen molar-refractivity contribution in [3.05, 3.63) is 29.8 Å². The molecule has 0 heterocycles. The standard InChI is InChI=1S/C14H15F2NO3S/c15-13(16)21-10-6-2-1-5-9(10)11(18)17-14(12(19)20)7-3-4-8-14/h1-2,5-6,13H,3-4,7-8H2,(H,17,18)(H,19,20). The average Bonchev–Trinajstić information content (AvgIpc) is 2.88. The summed E-state index contributed by atoms with van der Waals surface area (Å²) in [4.78, 5) is 23.8. The first-order chi connectivity index (χ1) is 9.94. The molecule has 1 aliphatic rings. The van der Waals surface area contributed by atoms with E-state index in [1.54, 1.807) is 12.1 Å². The second-order valence-corrected chi connectivity index (χ2v) is 5.96. The number of halogens is 2. The third kappa shape index (κ3) is 3.53. The Morgan fingerprint density at radius 2 is 1.86 bits per heavy atom. The van der Waals surface area contributed by atoms with Crippen molar-refractivity contribution in [3.63, 3.8) is 0 Å². The fourth-order valence-corrected chi connectivity index (χ4v) is 3.15. The Kier molecular flexibility index (Phi) is 4.82. The minimum atomic E-state index is -2.64. The van der Waals surface area contributed by atoms with E-state index in [1.165, 1.54) is 12.1 Å². The molecule has 114 valence electrons. The number of nitrogens with one attached hydrogen (secondary N) is 1. The quantitative estimate of drug-likeness (QED) is 0.819. The van der Waals surface area contributed by atoms with Gasteiger partial charge in [0.05, 0.1) is 5.56 Å². The molecule has 4 nitrogen and oxygen atoms in total. The maximum atomic E-state index is 12.5. The van der Waals surface area contributed by atoms with Gasteiger partial charge in [-0.15, -0.1) is 0 Å². The number of carbonyl (C=O) groups excluding carboxylic acids is 1. The van der Waals surface area contributed by atoms with Crippen molar-refractivity contribution in [2.75, 3.05) is 0 Å². The van der Waals surface area contributed by atoms with Crippen LogP contribution in [-0.4, -0.2) is 28.3 Å². The molecule has 0 saturated heterocycles. The molecular weight excluding hydrogens is 300 g/mol. The van der Waals surface area contributed by atoms with Crippen LogP contribution in [0, 0.1) is 0 Å². The van der Waals surface area contributed by atoms with Crippen molar-refractivity contribution in [2.24, 2.45) is 0 Å². The zero-order valence-corrected chi connectivity index (χ0v) is 12.0. The van der Waals surface area contributed by atoms with Gasteiger partial charge in [0.15, 0.2) is 0 Å². The molecule has 2 N–H and O–H groups in total. The van der Waals surface area contributed by atoms with E-state index in [0.717, 1.165) is 12.8 Å². The van der Waals surface area contributed by atoms with Crippen LogP contribution in [0.2, 0.25) is 0 Å². The van der Waals surface area contributed by atoms with E-state index in [1.807, 2.05) is 0 Å². The van der Waals surface area contributed by atoms with Crippen LogP contribution in [0.15, 0.2) is 29.2 Å². The van der Waals surface area contributed by atoms with E-state index in [4.69, 9.17) is 0 Å². The number of amides is 1. The molecule has 0 unspecified atom stereocenters. The lowest BCUT2D eigenvalue weighted by atomic mass is 9.97. The van der Waals surface area contributed by atoms with E-state index >= 15 is 0 Å². The van der Waals surface area contributed by atoms with Crippen molar-refractivity contribution in [1.82, 2.24) is 5.32 Å². The van der Waals surface area contributed by atoms with Gasteiger partial charge in [-0.3, -0.25) is 4.79 Å². The van der Waals surface area contributed by atoms with E-state index in [0.29, 0.717) is 12.8 Å². The normalized spacial score (nSPS) is 16.9.